The van der Waals surface area contributed by atoms with E-state index in [-0.39, 0.29) is 12.6 Å². The van der Waals surface area contributed by atoms with E-state index in [1.807, 2.05) is 4.90 Å². The maximum absolute atomic E-state index is 11.9. The van der Waals surface area contributed by atoms with Crippen LogP contribution < -0.4 is 5.32 Å². The minimum Gasteiger partial charge on any atom is -0.480 e. The van der Waals surface area contributed by atoms with Crippen molar-refractivity contribution < 1.29 is 14.7 Å². The van der Waals surface area contributed by atoms with Crippen molar-refractivity contribution in [1.82, 2.24) is 15.1 Å². The minimum absolute atomic E-state index is 0.0152. The summed E-state index contributed by atoms with van der Waals surface area (Å²) in [4.78, 5) is 26.2. The highest BCUT2D eigenvalue weighted by Crippen LogP contribution is 2.05. The SMILES string of the molecule is CCCCCCCCNC(=O)N1CCN(CC(=O)O)CC1. The van der Waals surface area contributed by atoms with Crippen LogP contribution in [0.2, 0.25) is 0 Å². The molecule has 1 saturated heterocycles. The molecule has 1 rings (SSSR count). The first-order valence-corrected chi connectivity index (χ1v) is 8.10. The zero-order valence-electron chi connectivity index (χ0n) is 13.1. The van der Waals surface area contributed by atoms with Crippen LogP contribution in [0.25, 0.3) is 0 Å². The fourth-order valence-corrected chi connectivity index (χ4v) is 2.51. The van der Waals surface area contributed by atoms with Gasteiger partial charge in [-0.05, 0) is 6.42 Å². The van der Waals surface area contributed by atoms with Crippen LogP contribution in [0.3, 0.4) is 0 Å². The number of carbonyl (C=O) groups is 2. The van der Waals surface area contributed by atoms with Gasteiger partial charge in [-0.1, -0.05) is 39.0 Å². The summed E-state index contributed by atoms with van der Waals surface area (Å²) >= 11 is 0. The number of aliphatic carboxylic acids is 1. The number of piperazine rings is 1. The number of carbonyl (C=O) groups excluding carboxylic acids is 1. The van der Waals surface area contributed by atoms with Crippen LogP contribution in [0.5, 0.6) is 0 Å². The van der Waals surface area contributed by atoms with Crippen molar-refractivity contribution in [2.45, 2.75) is 45.4 Å². The molecule has 1 aliphatic rings. The van der Waals surface area contributed by atoms with Crippen molar-refractivity contribution in [3.63, 3.8) is 0 Å². The van der Waals surface area contributed by atoms with Crippen molar-refractivity contribution in [2.24, 2.45) is 0 Å². The van der Waals surface area contributed by atoms with E-state index < -0.39 is 5.97 Å². The molecule has 2 amide bonds. The molecule has 0 atom stereocenters. The van der Waals surface area contributed by atoms with Gasteiger partial charge in [0, 0.05) is 32.7 Å². The maximum atomic E-state index is 11.9. The fourth-order valence-electron chi connectivity index (χ4n) is 2.51. The third-order valence-corrected chi connectivity index (χ3v) is 3.82. The molecule has 1 heterocycles. The molecule has 0 saturated carbocycles. The predicted molar refractivity (Wildman–Crippen MR) is 82.4 cm³/mol. The van der Waals surface area contributed by atoms with Gasteiger partial charge in [-0.2, -0.15) is 0 Å². The van der Waals surface area contributed by atoms with Crippen molar-refractivity contribution >= 4 is 12.0 Å². The normalized spacial score (nSPS) is 16.0. The second-order valence-electron chi connectivity index (χ2n) is 5.66. The molecule has 1 fully saturated rings. The summed E-state index contributed by atoms with van der Waals surface area (Å²) in [5.74, 6) is -0.809. The second kappa shape index (κ2) is 10.4. The zero-order chi connectivity index (χ0) is 15.5. The number of hydrogen-bond donors (Lipinski definition) is 2. The highest BCUT2D eigenvalue weighted by molar-refractivity contribution is 5.74. The van der Waals surface area contributed by atoms with Crippen LogP contribution in [0.4, 0.5) is 4.79 Å². The van der Waals surface area contributed by atoms with Crippen LogP contribution in [-0.4, -0.2) is 66.2 Å². The van der Waals surface area contributed by atoms with E-state index in [1.54, 1.807) is 4.90 Å². The Labute approximate surface area is 127 Å². The van der Waals surface area contributed by atoms with Gasteiger partial charge in [0.1, 0.15) is 0 Å². The molecule has 0 spiro atoms. The molecule has 1 aliphatic heterocycles. The first-order valence-electron chi connectivity index (χ1n) is 8.10. The molecule has 2 N–H and O–H groups in total. The number of carboxylic acids is 1. The molecule has 122 valence electrons. The summed E-state index contributed by atoms with van der Waals surface area (Å²) in [7, 11) is 0. The highest BCUT2D eigenvalue weighted by Gasteiger charge is 2.21. The van der Waals surface area contributed by atoms with Gasteiger partial charge >= 0.3 is 12.0 Å². The van der Waals surface area contributed by atoms with E-state index in [9.17, 15) is 9.59 Å². The lowest BCUT2D eigenvalue weighted by molar-refractivity contribution is -0.138. The molecule has 0 aliphatic carbocycles. The van der Waals surface area contributed by atoms with Crippen molar-refractivity contribution in [2.75, 3.05) is 39.3 Å². The summed E-state index contributed by atoms with van der Waals surface area (Å²) < 4.78 is 0. The minimum atomic E-state index is -0.809. The van der Waals surface area contributed by atoms with E-state index in [0.29, 0.717) is 26.2 Å². The quantitative estimate of drug-likeness (QED) is 0.636. The molecule has 0 aromatic carbocycles. The topological polar surface area (TPSA) is 72.9 Å². The molecule has 0 aromatic heterocycles. The number of amides is 2. The zero-order valence-corrected chi connectivity index (χ0v) is 13.1. The van der Waals surface area contributed by atoms with Crippen molar-refractivity contribution in [3.8, 4) is 0 Å². The summed E-state index contributed by atoms with van der Waals surface area (Å²) in [6, 6.07) is -0.0152. The molecule has 6 heteroatoms. The van der Waals surface area contributed by atoms with Crippen LogP contribution in [-0.2, 0) is 4.79 Å². The van der Waals surface area contributed by atoms with Gasteiger partial charge in [0.2, 0.25) is 0 Å². The van der Waals surface area contributed by atoms with Crippen LogP contribution in [0.15, 0.2) is 0 Å². The van der Waals surface area contributed by atoms with E-state index in [2.05, 4.69) is 12.2 Å². The fraction of sp³-hybridized carbons (Fsp3) is 0.867. The first kappa shape index (κ1) is 17.8. The van der Waals surface area contributed by atoms with Gasteiger partial charge in [-0.15, -0.1) is 0 Å². The summed E-state index contributed by atoms with van der Waals surface area (Å²) in [6.45, 7) is 5.49. The molecule has 21 heavy (non-hydrogen) atoms. The van der Waals surface area contributed by atoms with Gasteiger partial charge in [-0.3, -0.25) is 9.69 Å². The Kier molecular flexibility index (Phi) is 8.82. The van der Waals surface area contributed by atoms with Crippen LogP contribution in [0.1, 0.15) is 45.4 Å². The molecule has 6 nitrogen and oxygen atoms in total. The predicted octanol–water partition coefficient (Wildman–Crippen LogP) is 1.76. The summed E-state index contributed by atoms with van der Waals surface area (Å²) in [6.07, 6.45) is 7.30. The Morgan fingerprint density at radius 2 is 1.62 bits per heavy atom. The van der Waals surface area contributed by atoms with Gasteiger partial charge in [0.25, 0.3) is 0 Å². The van der Waals surface area contributed by atoms with E-state index in [4.69, 9.17) is 5.11 Å². The Bertz CT molecular complexity index is 315. The van der Waals surface area contributed by atoms with Crippen LogP contribution in [0, 0.1) is 0 Å². The third-order valence-electron chi connectivity index (χ3n) is 3.82. The van der Waals surface area contributed by atoms with Crippen molar-refractivity contribution in [3.05, 3.63) is 0 Å². The highest BCUT2D eigenvalue weighted by atomic mass is 16.4. The molecule has 0 radical (unpaired) electrons. The second-order valence-corrected chi connectivity index (χ2v) is 5.66. The monoisotopic (exact) mass is 299 g/mol. The Hall–Kier alpha value is -1.30. The largest absolute Gasteiger partial charge is 0.480 e. The number of unbranched alkanes of at least 4 members (excludes halogenated alkanes) is 5. The number of nitrogens with one attached hydrogen (secondary N) is 1. The standard InChI is InChI=1S/C15H29N3O3/c1-2-3-4-5-6-7-8-16-15(21)18-11-9-17(10-12-18)13-14(19)20/h2-13H2,1H3,(H,16,21)(H,19,20). The van der Waals surface area contributed by atoms with Gasteiger partial charge in [0.05, 0.1) is 6.54 Å². The summed E-state index contributed by atoms with van der Waals surface area (Å²) in [5, 5.41) is 11.7. The molecular weight excluding hydrogens is 270 g/mol. The molecular formula is C15H29N3O3. The lowest BCUT2D eigenvalue weighted by atomic mass is 10.1. The van der Waals surface area contributed by atoms with E-state index >= 15 is 0 Å². The molecule has 0 aromatic rings. The number of nitrogens with zero attached hydrogens (tertiary/aromatic N) is 2. The molecule has 0 unspecified atom stereocenters. The lowest BCUT2D eigenvalue weighted by Crippen LogP contribution is -2.52. The number of urea groups is 1. The Balaban J connectivity index is 2.04. The first-order chi connectivity index (χ1) is 10.1. The number of hydrogen-bond acceptors (Lipinski definition) is 3. The van der Waals surface area contributed by atoms with E-state index in [1.165, 1.54) is 32.1 Å². The smallest absolute Gasteiger partial charge is 0.317 e. The van der Waals surface area contributed by atoms with Gasteiger partial charge < -0.3 is 15.3 Å². The number of rotatable bonds is 9. The molecule has 0 bridgehead atoms. The van der Waals surface area contributed by atoms with Crippen LogP contribution >= 0.6 is 0 Å². The van der Waals surface area contributed by atoms with Crippen molar-refractivity contribution in [1.29, 1.82) is 0 Å². The van der Waals surface area contributed by atoms with Gasteiger partial charge in [0.15, 0.2) is 0 Å². The third kappa shape index (κ3) is 7.90. The average Bonchev–Trinajstić information content (AvgIpc) is 2.46. The Morgan fingerprint density at radius 1 is 1.00 bits per heavy atom. The average molecular weight is 299 g/mol. The summed E-state index contributed by atoms with van der Waals surface area (Å²) in [5.41, 5.74) is 0. The number of carboxylic acid groups (broad SMARTS) is 1. The lowest BCUT2D eigenvalue weighted by Gasteiger charge is -2.33. The maximum Gasteiger partial charge on any atom is 0.317 e. The Morgan fingerprint density at radius 3 is 2.24 bits per heavy atom. The van der Waals surface area contributed by atoms with Gasteiger partial charge in [-0.25, -0.2) is 4.79 Å². The van der Waals surface area contributed by atoms with E-state index in [0.717, 1.165) is 13.0 Å².